The Bertz CT molecular complexity index is 398. The first-order valence-corrected chi connectivity index (χ1v) is 6.97. The van der Waals surface area contributed by atoms with Crippen molar-refractivity contribution in [3.05, 3.63) is 29.3 Å². The molecule has 1 aromatic rings. The molecule has 1 aromatic carbocycles. The third kappa shape index (κ3) is 7.60. The van der Waals surface area contributed by atoms with Crippen molar-refractivity contribution in [2.45, 2.75) is 38.4 Å². The Kier molecular flexibility index (Phi) is 7.16. The van der Waals surface area contributed by atoms with Crippen LogP contribution >= 0.6 is 11.6 Å². The number of ether oxygens (including phenoxy) is 1. The molecule has 1 atom stereocenters. The first kappa shape index (κ1) is 17.1. The van der Waals surface area contributed by atoms with E-state index in [4.69, 9.17) is 16.3 Å². The van der Waals surface area contributed by atoms with Crippen LogP contribution in [0.3, 0.4) is 0 Å². The van der Waals surface area contributed by atoms with Crippen molar-refractivity contribution in [1.82, 2.24) is 5.32 Å². The lowest BCUT2D eigenvalue weighted by atomic mass is 10.1. The Morgan fingerprint density at radius 3 is 2.70 bits per heavy atom. The molecule has 2 nitrogen and oxygen atoms in total. The van der Waals surface area contributed by atoms with E-state index in [9.17, 15) is 13.2 Å². The summed E-state index contributed by atoms with van der Waals surface area (Å²) in [5.74, 6) is 0.622. The van der Waals surface area contributed by atoms with Gasteiger partial charge in [0, 0.05) is 17.5 Å². The van der Waals surface area contributed by atoms with Gasteiger partial charge in [-0.05, 0) is 37.6 Å². The fourth-order valence-electron chi connectivity index (χ4n) is 1.84. The number of alkyl halides is 3. The van der Waals surface area contributed by atoms with Gasteiger partial charge < -0.3 is 10.1 Å². The molecule has 1 rings (SSSR count). The Labute approximate surface area is 122 Å². The summed E-state index contributed by atoms with van der Waals surface area (Å²) in [4.78, 5) is 0. The highest BCUT2D eigenvalue weighted by molar-refractivity contribution is 6.30. The second-order valence-electron chi connectivity index (χ2n) is 4.53. The highest BCUT2D eigenvalue weighted by Crippen LogP contribution is 2.23. The van der Waals surface area contributed by atoms with Crippen LogP contribution in [-0.2, 0) is 0 Å². The second kappa shape index (κ2) is 8.37. The number of hydrogen-bond acceptors (Lipinski definition) is 2. The number of benzene rings is 1. The summed E-state index contributed by atoms with van der Waals surface area (Å²) < 4.78 is 41.9. The minimum atomic E-state index is -4.09. The van der Waals surface area contributed by atoms with Crippen LogP contribution in [0.15, 0.2) is 24.3 Å². The van der Waals surface area contributed by atoms with E-state index in [-0.39, 0.29) is 12.5 Å². The predicted molar refractivity (Wildman–Crippen MR) is 74.3 cm³/mol. The summed E-state index contributed by atoms with van der Waals surface area (Å²) in [6.45, 7) is 2.93. The number of rotatable bonds is 8. The van der Waals surface area contributed by atoms with Crippen molar-refractivity contribution in [2.75, 3.05) is 13.2 Å². The summed E-state index contributed by atoms with van der Waals surface area (Å²) >= 11 is 5.83. The van der Waals surface area contributed by atoms with E-state index in [2.05, 4.69) is 5.32 Å². The van der Waals surface area contributed by atoms with Gasteiger partial charge in [0.2, 0.25) is 0 Å². The molecule has 0 spiro atoms. The maximum Gasteiger partial charge on any atom is 0.389 e. The van der Waals surface area contributed by atoms with E-state index in [0.29, 0.717) is 30.3 Å². The first-order chi connectivity index (χ1) is 9.40. The van der Waals surface area contributed by atoms with E-state index in [1.54, 1.807) is 24.3 Å². The van der Waals surface area contributed by atoms with Gasteiger partial charge in [-0.15, -0.1) is 0 Å². The van der Waals surface area contributed by atoms with Crippen LogP contribution in [0, 0.1) is 0 Å². The Balaban J connectivity index is 2.38. The highest BCUT2D eigenvalue weighted by Gasteiger charge is 2.26. The third-order valence-corrected chi connectivity index (χ3v) is 2.99. The topological polar surface area (TPSA) is 21.3 Å². The van der Waals surface area contributed by atoms with Crippen LogP contribution in [0.25, 0.3) is 0 Å². The average molecular weight is 310 g/mol. The van der Waals surface area contributed by atoms with E-state index >= 15 is 0 Å². The Morgan fingerprint density at radius 1 is 1.35 bits per heavy atom. The molecule has 1 N–H and O–H groups in total. The Morgan fingerprint density at radius 2 is 2.10 bits per heavy atom. The predicted octanol–water partition coefficient (Wildman–Crippen LogP) is 4.43. The largest absolute Gasteiger partial charge is 0.492 e. The van der Waals surface area contributed by atoms with Gasteiger partial charge in [-0.2, -0.15) is 13.2 Å². The molecule has 0 aliphatic heterocycles. The molecule has 0 bridgehead atoms. The van der Waals surface area contributed by atoms with Crippen molar-refractivity contribution in [3.8, 4) is 5.75 Å². The molecule has 0 amide bonds. The van der Waals surface area contributed by atoms with Crippen LogP contribution < -0.4 is 10.1 Å². The van der Waals surface area contributed by atoms with Gasteiger partial charge in [0.1, 0.15) is 12.4 Å². The molecular formula is C14H19ClF3NO. The second-order valence-corrected chi connectivity index (χ2v) is 4.97. The Hall–Kier alpha value is -0.940. The zero-order valence-electron chi connectivity index (χ0n) is 11.3. The number of hydrogen-bond donors (Lipinski definition) is 1. The summed E-state index contributed by atoms with van der Waals surface area (Å²) in [5.41, 5.74) is 0. The number of nitrogens with one attached hydrogen (secondary N) is 1. The van der Waals surface area contributed by atoms with Gasteiger partial charge in [-0.25, -0.2) is 0 Å². The summed E-state index contributed by atoms with van der Waals surface area (Å²) in [7, 11) is 0. The molecule has 20 heavy (non-hydrogen) atoms. The lowest BCUT2D eigenvalue weighted by Gasteiger charge is -2.19. The summed E-state index contributed by atoms with van der Waals surface area (Å²) in [6, 6.07) is 6.86. The minimum absolute atomic E-state index is 0.0960. The van der Waals surface area contributed by atoms with Gasteiger partial charge in [0.15, 0.2) is 0 Å². The number of halogens is 4. The van der Waals surface area contributed by atoms with Gasteiger partial charge in [0.25, 0.3) is 0 Å². The van der Waals surface area contributed by atoms with Crippen molar-refractivity contribution in [1.29, 1.82) is 0 Å². The van der Waals surface area contributed by atoms with Crippen LogP contribution in [0.2, 0.25) is 5.02 Å². The lowest BCUT2D eigenvalue weighted by molar-refractivity contribution is -0.135. The SMILES string of the molecule is CCNC(CCCC(F)(F)F)COc1cccc(Cl)c1. The molecule has 0 fully saturated rings. The van der Waals surface area contributed by atoms with Crippen LogP contribution in [0.1, 0.15) is 26.2 Å². The molecule has 114 valence electrons. The highest BCUT2D eigenvalue weighted by atomic mass is 35.5. The van der Waals surface area contributed by atoms with E-state index in [1.165, 1.54) is 0 Å². The molecule has 0 aliphatic carbocycles. The van der Waals surface area contributed by atoms with E-state index < -0.39 is 12.6 Å². The quantitative estimate of drug-likeness (QED) is 0.767. The molecule has 1 unspecified atom stereocenters. The average Bonchev–Trinajstić information content (AvgIpc) is 2.34. The summed E-state index contributed by atoms with van der Waals surface area (Å²) in [6.07, 6.45) is -4.33. The molecule has 0 saturated heterocycles. The normalized spacial score (nSPS) is 13.2. The monoisotopic (exact) mass is 309 g/mol. The summed E-state index contributed by atoms with van der Waals surface area (Å²) in [5, 5.41) is 3.70. The van der Waals surface area contributed by atoms with Crippen LogP contribution in [-0.4, -0.2) is 25.4 Å². The van der Waals surface area contributed by atoms with Crippen molar-refractivity contribution in [3.63, 3.8) is 0 Å². The molecule has 0 aromatic heterocycles. The smallest absolute Gasteiger partial charge is 0.389 e. The van der Waals surface area contributed by atoms with Gasteiger partial charge in [-0.3, -0.25) is 0 Å². The lowest BCUT2D eigenvalue weighted by Crippen LogP contribution is -2.34. The maximum absolute atomic E-state index is 12.1. The zero-order valence-corrected chi connectivity index (χ0v) is 12.1. The van der Waals surface area contributed by atoms with Crippen LogP contribution in [0.4, 0.5) is 13.2 Å². The molecule has 0 heterocycles. The molecular weight excluding hydrogens is 291 g/mol. The van der Waals surface area contributed by atoms with Crippen molar-refractivity contribution >= 4 is 11.6 Å². The third-order valence-electron chi connectivity index (χ3n) is 2.75. The van der Waals surface area contributed by atoms with E-state index in [1.807, 2.05) is 6.92 Å². The maximum atomic E-state index is 12.1. The van der Waals surface area contributed by atoms with Gasteiger partial charge >= 0.3 is 6.18 Å². The molecule has 6 heteroatoms. The first-order valence-electron chi connectivity index (χ1n) is 6.59. The van der Waals surface area contributed by atoms with Crippen molar-refractivity contribution < 1.29 is 17.9 Å². The molecule has 0 saturated carbocycles. The number of likely N-dealkylation sites (N-methyl/N-ethyl adjacent to an activating group) is 1. The van der Waals surface area contributed by atoms with Gasteiger partial charge in [-0.1, -0.05) is 24.6 Å². The molecule has 0 aliphatic rings. The zero-order chi connectivity index (χ0) is 15.0. The fraction of sp³-hybridized carbons (Fsp3) is 0.571. The standard InChI is InChI=1S/C14H19ClF3NO/c1-2-19-12(6-4-8-14(16,17)18)10-20-13-7-3-5-11(15)9-13/h3,5,7,9,12,19H,2,4,6,8,10H2,1H3. The molecule has 0 radical (unpaired) electrons. The van der Waals surface area contributed by atoms with Crippen molar-refractivity contribution in [2.24, 2.45) is 0 Å². The van der Waals surface area contributed by atoms with E-state index in [0.717, 1.165) is 0 Å². The fourth-order valence-corrected chi connectivity index (χ4v) is 2.02. The van der Waals surface area contributed by atoms with Gasteiger partial charge in [0.05, 0.1) is 0 Å². The minimum Gasteiger partial charge on any atom is -0.492 e. The van der Waals surface area contributed by atoms with Crippen LogP contribution in [0.5, 0.6) is 5.75 Å².